The molecule has 5 heteroatoms. The molecule has 2 aromatic rings. The molecule has 1 heterocycles. The summed E-state index contributed by atoms with van der Waals surface area (Å²) in [7, 11) is 0. The zero-order chi connectivity index (χ0) is 15.1. The third kappa shape index (κ3) is 2.73. The zero-order valence-corrected chi connectivity index (χ0v) is 14.1. The Morgan fingerprint density at radius 1 is 1.19 bits per heavy atom. The molecule has 0 radical (unpaired) electrons. The van der Waals surface area contributed by atoms with E-state index in [0.717, 1.165) is 20.6 Å². The van der Waals surface area contributed by atoms with Crippen LogP contribution in [0.1, 0.15) is 22.7 Å². The van der Waals surface area contributed by atoms with Crippen LogP contribution < -0.4 is 11.1 Å². The number of hydrogen-bond acceptors (Lipinski definition) is 3. The molecular formula is C16H15BrN2OS. The summed E-state index contributed by atoms with van der Waals surface area (Å²) in [5.41, 5.74) is 9.99. The summed E-state index contributed by atoms with van der Waals surface area (Å²) < 4.78 is 0.958. The van der Waals surface area contributed by atoms with Crippen molar-refractivity contribution < 1.29 is 4.79 Å². The number of benzene rings is 2. The number of nitrogens with two attached hydrogens (primary N) is 1. The first-order valence-corrected chi connectivity index (χ1v) is 8.21. The number of amides is 1. The van der Waals surface area contributed by atoms with Gasteiger partial charge in [0.2, 0.25) is 5.91 Å². The predicted octanol–water partition coefficient (Wildman–Crippen LogP) is 4.17. The van der Waals surface area contributed by atoms with Crippen LogP contribution in [-0.2, 0) is 4.79 Å². The van der Waals surface area contributed by atoms with Gasteiger partial charge in [-0.15, -0.1) is 0 Å². The van der Waals surface area contributed by atoms with Gasteiger partial charge in [-0.05, 0) is 59.1 Å². The summed E-state index contributed by atoms with van der Waals surface area (Å²) in [5, 5.41) is 2.83. The third-order valence-corrected chi connectivity index (χ3v) is 5.68. The van der Waals surface area contributed by atoms with Gasteiger partial charge in [0.1, 0.15) is 6.04 Å². The largest absolute Gasteiger partial charge is 0.324 e. The first kappa shape index (κ1) is 14.6. The average molecular weight is 363 g/mol. The Morgan fingerprint density at radius 2 is 1.95 bits per heavy atom. The fourth-order valence-electron chi connectivity index (χ4n) is 2.30. The van der Waals surface area contributed by atoms with E-state index >= 15 is 0 Å². The maximum atomic E-state index is 11.7. The van der Waals surface area contributed by atoms with Gasteiger partial charge in [-0.3, -0.25) is 4.79 Å². The predicted molar refractivity (Wildman–Crippen MR) is 89.7 cm³/mol. The van der Waals surface area contributed by atoms with Crippen LogP contribution in [0, 0.1) is 13.8 Å². The Kier molecular flexibility index (Phi) is 3.82. The SMILES string of the molecule is Cc1ccc(C)c(Sc2cc3c(cc2Br)C(N)C(=O)N3)c1. The monoisotopic (exact) mass is 362 g/mol. The molecule has 0 aliphatic carbocycles. The van der Waals surface area contributed by atoms with E-state index in [1.54, 1.807) is 11.8 Å². The molecule has 2 aromatic carbocycles. The minimum Gasteiger partial charge on any atom is -0.324 e. The summed E-state index contributed by atoms with van der Waals surface area (Å²) in [6, 6.07) is 9.75. The molecule has 1 atom stereocenters. The minimum atomic E-state index is -0.573. The van der Waals surface area contributed by atoms with E-state index < -0.39 is 6.04 Å². The van der Waals surface area contributed by atoms with Crippen LogP contribution in [0.4, 0.5) is 5.69 Å². The maximum absolute atomic E-state index is 11.7. The average Bonchev–Trinajstić information content (AvgIpc) is 2.70. The molecule has 0 fully saturated rings. The first-order valence-electron chi connectivity index (χ1n) is 6.60. The number of rotatable bonds is 2. The Labute approximate surface area is 136 Å². The number of aryl methyl sites for hydroxylation is 2. The van der Waals surface area contributed by atoms with Gasteiger partial charge in [-0.2, -0.15) is 0 Å². The van der Waals surface area contributed by atoms with Crippen molar-refractivity contribution in [2.75, 3.05) is 5.32 Å². The minimum absolute atomic E-state index is 0.147. The van der Waals surface area contributed by atoms with Crippen molar-refractivity contribution in [1.82, 2.24) is 0 Å². The molecule has 108 valence electrons. The van der Waals surface area contributed by atoms with Crippen molar-refractivity contribution in [2.24, 2.45) is 5.73 Å². The molecule has 1 unspecified atom stereocenters. The van der Waals surface area contributed by atoms with Crippen LogP contribution in [-0.4, -0.2) is 5.91 Å². The molecule has 1 amide bonds. The van der Waals surface area contributed by atoms with E-state index in [9.17, 15) is 4.79 Å². The highest BCUT2D eigenvalue weighted by atomic mass is 79.9. The quantitative estimate of drug-likeness (QED) is 0.842. The molecule has 1 aliphatic heterocycles. The molecule has 0 saturated carbocycles. The molecule has 21 heavy (non-hydrogen) atoms. The summed E-state index contributed by atoms with van der Waals surface area (Å²) in [6.07, 6.45) is 0. The summed E-state index contributed by atoms with van der Waals surface area (Å²) in [5.74, 6) is -0.147. The van der Waals surface area contributed by atoms with Crippen LogP contribution >= 0.6 is 27.7 Å². The lowest BCUT2D eigenvalue weighted by atomic mass is 10.1. The van der Waals surface area contributed by atoms with E-state index in [-0.39, 0.29) is 5.91 Å². The van der Waals surface area contributed by atoms with E-state index in [2.05, 4.69) is 53.3 Å². The van der Waals surface area contributed by atoms with Gasteiger partial charge in [-0.1, -0.05) is 23.9 Å². The smallest absolute Gasteiger partial charge is 0.245 e. The number of carbonyl (C=O) groups is 1. The van der Waals surface area contributed by atoms with Crippen LogP contribution in [0.5, 0.6) is 0 Å². The second-order valence-corrected chi connectivity index (χ2v) is 7.15. The molecule has 0 bridgehead atoms. The third-order valence-electron chi connectivity index (χ3n) is 3.54. The summed E-state index contributed by atoms with van der Waals surface area (Å²) >= 11 is 5.27. The van der Waals surface area contributed by atoms with E-state index in [4.69, 9.17) is 5.73 Å². The van der Waals surface area contributed by atoms with Gasteiger partial charge in [-0.25, -0.2) is 0 Å². The van der Waals surface area contributed by atoms with Crippen molar-refractivity contribution in [3.63, 3.8) is 0 Å². The molecular weight excluding hydrogens is 348 g/mol. The molecule has 0 saturated heterocycles. The first-order chi connectivity index (χ1) is 9.95. The van der Waals surface area contributed by atoms with Crippen molar-refractivity contribution in [1.29, 1.82) is 0 Å². The number of anilines is 1. The molecule has 0 spiro atoms. The van der Waals surface area contributed by atoms with Crippen molar-refractivity contribution in [2.45, 2.75) is 29.7 Å². The number of hydrogen-bond donors (Lipinski definition) is 2. The zero-order valence-electron chi connectivity index (χ0n) is 11.7. The molecule has 3 N–H and O–H groups in total. The van der Waals surface area contributed by atoms with Crippen molar-refractivity contribution >= 4 is 39.3 Å². The Hall–Kier alpha value is -1.30. The van der Waals surface area contributed by atoms with E-state index in [1.165, 1.54) is 16.0 Å². The van der Waals surface area contributed by atoms with Gasteiger partial charge in [0.25, 0.3) is 0 Å². The van der Waals surface area contributed by atoms with Crippen molar-refractivity contribution in [3.05, 3.63) is 51.5 Å². The van der Waals surface area contributed by atoms with Gasteiger partial charge in [0.05, 0.1) is 0 Å². The number of nitrogens with one attached hydrogen (secondary N) is 1. The van der Waals surface area contributed by atoms with Crippen LogP contribution in [0.15, 0.2) is 44.6 Å². The Morgan fingerprint density at radius 3 is 2.71 bits per heavy atom. The van der Waals surface area contributed by atoms with Gasteiger partial charge in [0.15, 0.2) is 0 Å². The standard InChI is InChI=1S/C16H15BrN2OS/c1-8-3-4-9(2)13(5-8)21-14-7-12-10(6-11(14)17)15(18)16(20)19-12/h3-7,15H,18H2,1-2H3,(H,19,20). The molecule has 3 nitrogen and oxygen atoms in total. The number of carbonyl (C=O) groups excluding carboxylic acids is 1. The highest BCUT2D eigenvalue weighted by molar-refractivity contribution is 9.10. The Balaban J connectivity index is 1.99. The fourth-order valence-corrected chi connectivity index (χ4v) is 3.95. The highest BCUT2D eigenvalue weighted by Gasteiger charge is 2.28. The molecule has 1 aliphatic rings. The fraction of sp³-hybridized carbons (Fsp3) is 0.188. The van der Waals surface area contributed by atoms with Gasteiger partial charge in [0, 0.05) is 25.5 Å². The topological polar surface area (TPSA) is 55.1 Å². The lowest BCUT2D eigenvalue weighted by Crippen LogP contribution is -2.19. The second-order valence-electron chi connectivity index (χ2n) is 5.21. The maximum Gasteiger partial charge on any atom is 0.245 e. The van der Waals surface area contributed by atoms with Crippen LogP contribution in [0.2, 0.25) is 0 Å². The molecule has 0 aromatic heterocycles. The molecule has 3 rings (SSSR count). The van der Waals surface area contributed by atoms with E-state index in [0.29, 0.717) is 0 Å². The Bertz CT molecular complexity index is 745. The summed E-state index contributed by atoms with van der Waals surface area (Å²) in [6.45, 7) is 4.18. The van der Waals surface area contributed by atoms with Crippen LogP contribution in [0.25, 0.3) is 0 Å². The second kappa shape index (κ2) is 5.48. The number of halogens is 1. The normalized spacial score (nSPS) is 16.8. The van der Waals surface area contributed by atoms with Crippen LogP contribution in [0.3, 0.4) is 0 Å². The summed E-state index contributed by atoms with van der Waals surface area (Å²) in [4.78, 5) is 13.9. The van der Waals surface area contributed by atoms with Crippen molar-refractivity contribution in [3.8, 4) is 0 Å². The van der Waals surface area contributed by atoms with Gasteiger partial charge < -0.3 is 11.1 Å². The number of fused-ring (bicyclic) bond motifs is 1. The lowest BCUT2D eigenvalue weighted by Gasteiger charge is -2.11. The highest BCUT2D eigenvalue weighted by Crippen LogP contribution is 2.41. The lowest BCUT2D eigenvalue weighted by molar-refractivity contribution is -0.116. The van der Waals surface area contributed by atoms with Gasteiger partial charge >= 0.3 is 0 Å². The van der Waals surface area contributed by atoms with E-state index in [1.807, 2.05) is 12.1 Å².